The molecule has 2 rings (SSSR count). The number of carbonyl (C=O) groups excluding carboxylic acids is 1. The third-order valence-corrected chi connectivity index (χ3v) is 3.51. The highest BCUT2D eigenvalue weighted by atomic mass is 79.9. The van der Waals surface area contributed by atoms with Crippen LogP contribution in [0.1, 0.15) is 10.4 Å². The van der Waals surface area contributed by atoms with Crippen molar-refractivity contribution in [3.05, 3.63) is 39.6 Å². The number of thiazole rings is 1. The van der Waals surface area contributed by atoms with Gasteiger partial charge in [-0.05, 0) is 28.1 Å². The van der Waals surface area contributed by atoms with Crippen molar-refractivity contribution in [3.8, 4) is 5.75 Å². The van der Waals surface area contributed by atoms with Crippen molar-refractivity contribution >= 4 is 38.3 Å². The second-order valence-electron chi connectivity index (χ2n) is 3.24. The monoisotopic (exact) mass is 330 g/mol. The van der Waals surface area contributed by atoms with E-state index in [0.717, 1.165) is 3.79 Å². The van der Waals surface area contributed by atoms with Crippen LogP contribution in [0.5, 0.6) is 5.75 Å². The van der Waals surface area contributed by atoms with Crippen LogP contribution in [0.3, 0.4) is 0 Å². The first-order valence-corrected chi connectivity index (χ1v) is 6.48. The largest absolute Gasteiger partial charge is 0.496 e. The lowest BCUT2D eigenvalue weighted by Crippen LogP contribution is -2.14. The van der Waals surface area contributed by atoms with Gasteiger partial charge in [0.25, 0.3) is 5.91 Å². The molecule has 0 atom stereocenters. The molecule has 0 unspecified atom stereocenters. The minimum atomic E-state index is -0.637. The minimum absolute atomic E-state index is 0.133. The molecule has 0 bridgehead atoms. The molecule has 1 N–H and O–H groups in total. The van der Waals surface area contributed by atoms with Crippen LogP contribution >= 0.6 is 27.3 Å². The Balaban J connectivity index is 2.28. The average Bonchev–Trinajstić information content (AvgIpc) is 2.74. The van der Waals surface area contributed by atoms with Crippen LogP contribution in [0.4, 0.5) is 9.52 Å². The molecule has 0 radical (unpaired) electrons. The highest BCUT2D eigenvalue weighted by molar-refractivity contribution is 9.11. The number of hydrogen-bond acceptors (Lipinski definition) is 4. The Morgan fingerprint density at radius 3 is 2.94 bits per heavy atom. The van der Waals surface area contributed by atoms with Gasteiger partial charge in [0.1, 0.15) is 17.1 Å². The van der Waals surface area contributed by atoms with E-state index in [2.05, 4.69) is 26.2 Å². The van der Waals surface area contributed by atoms with E-state index >= 15 is 0 Å². The zero-order valence-electron chi connectivity index (χ0n) is 9.24. The Morgan fingerprint density at radius 2 is 2.33 bits per heavy atom. The fourth-order valence-corrected chi connectivity index (χ4v) is 2.47. The number of ether oxygens (including phenoxy) is 1. The fourth-order valence-electron chi connectivity index (χ4n) is 1.37. The van der Waals surface area contributed by atoms with Gasteiger partial charge >= 0.3 is 0 Å². The number of anilines is 1. The summed E-state index contributed by atoms with van der Waals surface area (Å²) in [5.41, 5.74) is -0.133. The molecule has 2 aromatic rings. The van der Waals surface area contributed by atoms with Crippen molar-refractivity contribution in [3.63, 3.8) is 0 Å². The van der Waals surface area contributed by atoms with Gasteiger partial charge in [0, 0.05) is 0 Å². The van der Waals surface area contributed by atoms with Crippen LogP contribution in [0.25, 0.3) is 0 Å². The molecule has 7 heteroatoms. The summed E-state index contributed by atoms with van der Waals surface area (Å²) < 4.78 is 19.4. The predicted octanol–water partition coefficient (Wildman–Crippen LogP) is 3.31. The SMILES string of the molecule is COc1cccc(F)c1C(=O)Nc1ncc(Br)s1. The summed E-state index contributed by atoms with van der Waals surface area (Å²) in [6.07, 6.45) is 1.55. The predicted molar refractivity (Wildman–Crippen MR) is 70.7 cm³/mol. The van der Waals surface area contributed by atoms with Gasteiger partial charge in [0.05, 0.1) is 17.1 Å². The second-order valence-corrected chi connectivity index (χ2v) is 5.65. The molecular formula is C11H8BrFN2O2S. The molecule has 1 amide bonds. The summed E-state index contributed by atoms with van der Waals surface area (Å²) in [5.74, 6) is -1.04. The third kappa shape index (κ3) is 2.68. The van der Waals surface area contributed by atoms with Crippen LogP contribution in [-0.2, 0) is 0 Å². The Bertz CT molecular complexity index is 588. The Morgan fingerprint density at radius 1 is 1.56 bits per heavy atom. The summed E-state index contributed by atoms with van der Waals surface area (Å²) >= 11 is 4.47. The number of nitrogens with one attached hydrogen (secondary N) is 1. The van der Waals surface area contributed by atoms with Crippen molar-refractivity contribution in [1.29, 1.82) is 0 Å². The molecule has 18 heavy (non-hydrogen) atoms. The van der Waals surface area contributed by atoms with E-state index in [0.29, 0.717) is 5.13 Å². The zero-order valence-corrected chi connectivity index (χ0v) is 11.6. The topological polar surface area (TPSA) is 51.2 Å². The van der Waals surface area contributed by atoms with E-state index in [-0.39, 0.29) is 11.3 Å². The zero-order chi connectivity index (χ0) is 13.1. The molecule has 1 heterocycles. The highest BCUT2D eigenvalue weighted by Crippen LogP contribution is 2.26. The maximum absolute atomic E-state index is 13.6. The first-order chi connectivity index (χ1) is 8.61. The number of aromatic nitrogens is 1. The molecule has 1 aromatic carbocycles. The number of methoxy groups -OCH3 is 1. The van der Waals surface area contributed by atoms with Crippen LogP contribution in [0.2, 0.25) is 0 Å². The van der Waals surface area contributed by atoms with Gasteiger partial charge in [0.15, 0.2) is 5.13 Å². The van der Waals surface area contributed by atoms with Crippen molar-refractivity contribution < 1.29 is 13.9 Å². The molecule has 4 nitrogen and oxygen atoms in total. The molecule has 0 fully saturated rings. The molecule has 94 valence electrons. The quantitative estimate of drug-likeness (QED) is 0.939. The van der Waals surface area contributed by atoms with Gasteiger partial charge in [-0.25, -0.2) is 9.37 Å². The summed E-state index contributed by atoms with van der Waals surface area (Å²) in [5, 5.41) is 2.90. The lowest BCUT2D eigenvalue weighted by Gasteiger charge is -2.08. The number of benzene rings is 1. The van der Waals surface area contributed by atoms with Crippen molar-refractivity contribution in [2.45, 2.75) is 0 Å². The highest BCUT2D eigenvalue weighted by Gasteiger charge is 2.18. The van der Waals surface area contributed by atoms with E-state index in [1.165, 1.54) is 36.6 Å². The van der Waals surface area contributed by atoms with Crippen LogP contribution < -0.4 is 10.1 Å². The Labute approximate surface area is 115 Å². The lowest BCUT2D eigenvalue weighted by atomic mass is 10.2. The van der Waals surface area contributed by atoms with E-state index in [1.54, 1.807) is 6.20 Å². The summed E-state index contributed by atoms with van der Waals surface area (Å²) in [6, 6.07) is 4.20. The van der Waals surface area contributed by atoms with Crippen LogP contribution in [0.15, 0.2) is 28.2 Å². The molecule has 0 aliphatic heterocycles. The molecule has 0 saturated carbocycles. The number of halogens is 2. The summed E-state index contributed by atoms with van der Waals surface area (Å²) in [4.78, 5) is 15.9. The molecule has 0 saturated heterocycles. The summed E-state index contributed by atoms with van der Waals surface area (Å²) in [7, 11) is 1.38. The minimum Gasteiger partial charge on any atom is -0.496 e. The molecular weight excluding hydrogens is 323 g/mol. The molecule has 0 aliphatic rings. The Hall–Kier alpha value is -1.47. The number of rotatable bonds is 3. The van der Waals surface area contributed by atoms with Gasteiger partial charge in [-0.1, -0.05) is 17.4 Å². The molecule has 0 aliphatic carbocycles. The maximum Gasteiger partial charge on any atom is 0.264 e. The smallest absolute Gasteiger partial charge is 0.264 e. The van der Waals surface area contributed by atoms with Gasteiger partial charge in [-0.2, -0.15) is 0 Å². The standard InChI is InChI=1S/C11H8BrFN2O2S/c1-17-7-4-2-3-6(13)9(7)10(16)15-11-14-5-8(12)18-11/h2-5H,1H3,(H,14,15,16). The number of amides is 1. The van der Waals surface area contributed by atoms with Crippen molar-refractivity contribution in [1.82, 2.24) is 4.98 Å². The maximum atomic E-state index is 13.6. The molecule has 1 aromatic heterocycles. The van der Waals surface area contributed by atoms with E-state index in [1.807, 2.05) is 0 Å². The number of hydrogen-bond donors (Lipinski definition) is 1. The summed E-state index contributed by atoms with van der Waals surface area (Å²) in [6.45, 7) is 0. The normalized spacial score (nSPS) is 10.2. The van der Waals surface area contributed by atoms with E-state index in [9.17, 15) is 9.18 Å². The van der Waals surface area contributed by atoms with E-state index in [4.69, 9.17) is 4.74 Å². The first kappa shape index (κ1) is 13.0. The van der Waals surface area contributed by atoms with Crippen LogP contribution in [-0.4, -0.2) is 18.0 Å². The van der Waals surface area contributed by atoms with Crippen molar-refractivity contribution in [2.75, 3.05) is 12.4 Å². The average molecular weight is 331 g/mol. The van der Waals surface area contributed by atoms with Gasteiger partial charge in [-0.15, -0.1) is 0 Å². The molecule has 0 spiro atoms. The Kier molecular flexibility index (Phi) is 3.93. The fraction of sp³-hybridized carbons (Fsp3) is 0.0909. The number of nitrogens with zero attached hydrogens (tertiary/aromatic N) is 1. The van der Waals surface area contributed by atoms with E-state index < -0.39 is 11.7 Å². The van der Waals surface area contributed by atoms with Crippen LogP contribution in [0, 0.1) is 5.82 Å². The second kappa shape index (κ2) is 5.45. The van der Waals surface area contributed by atoms with Gasteiger partial charge in [0.2, 0.25) is 0 Å². The third-order valence-electron chi connectivity index (χ3n) is 2.12. The number of carbonyl (C=O) groups is 1. The van der Waals surface area contributed by atoms with Crippen molar-refractivity contribution in [2.24, 2.45) is 0 Å². The lowest BCUT2D eigenvalue weighted by molar-refractivity contribution is 0.102. The van der Waals surface area contributed by atoms with Gasteiger partial charge < -0.3 is 4.74 Å². The van der Waals surface area contributed by atoms with Gasteiger partial charge in [-0.3, -0.25) is 10.1 Å². The first-order valence-electron chi connectivity index (χ1n) is 4.87.